The molecule has 0 aliphatic heterocycles. The highest BCUT2D eigenvalue weighted by molar-refractivity contribution is 6.02. The Bertz CT molecular complexity index is 535. The monoisotopic (exact) mass is 244 g/mol. The lowest BCUT2D eigenvalue weighted by Gasteiger charge is -2.05. The minimum Gasteiger partial charge on any atom is -0.321 e. The lowest BCUT2D eigenvalue weighted by Crippen LogP contribution is -2.13. The maximum Gasteiger partial charge on any atom is 0.274 e. The predicted molar refractivity (Wildman–Crippen MR) is 68.0 cm³/mol. The summed E-state index contributed by atoms with van der Waals surface area (Å²) in [4.78, 5) is 15.9. The summed E-state index contributed by atoms with van der Waals surface area (Å²) < 4.78 is 12.7. The van der Waals surface area contributed by atoms with Crippen LogP contribution in [0.4, 0.5) is 10.1 Å². The number of nitrogens with zero attached hydrogens (tertiary/aromatic N) is 1. The standard InChI is InChI=1S/C14H13FN2O/c1-2-10-3-8-13(16-9-10)14(18)17-12-6-4-11(15)5-7-12/h3-9H,2H2,1H3,(H,17,18). The van der Waals surface area contributed by atoms with E-state index in [1.54, 1.807) is 12.3 Å². The Balaban J connectivity index is 2.09. The zero-order chi connectivity index (χ0) is 13.0. The lowest BCUT2D eigenvalue weighted by atomic mass is 10.2. The van der Waals surface area contributed by atoms with Gasteiger partial charge in [0, 0.05) is 11.9 Å². The van der Waals surface area contributed by atoms with Crippen LogP contribution >= 0.6 is 0 Å². The van der Waals surface area contributed by atoms with Crippen molar-refractivity contribution in [1.29, 1.82) is 0 Å². The number of nitrogens with one attached hydrogen (secondary N) is 1. The van der Waals surface area contributed by atoms with Crippen LogP contribution < -0.4 is 5.32 Å². The molecule has 4 heteroatoms. The Morgan fingerprint density at radius 1 is 1.22 bits per heavy atom. The molecule has 0 aliphatic rings. The second-order valence-electron chi connectivity index (χ2n) is 3.87. The number of pyridine rings is 1. The van der Waals surface area contributed by atoms with Crippen LogP contribution in [0.3, 0.4) is 0 Å². The summed E-state index contributed by atoms with van der Waals surface area (Å²) in [5.41, 5.74) is 1.97. The van der Waals surface area contributed by atoms with E-state index in [0.29, 0.717) is 11.4 Å². The van der Waals surface area contributed by atoms with E-state index in [1.165, 1.54) is 24.3 Å². The maximum absolute atomic E-state index is 12.7. The molecule has 0 spiro atoms. The molecule has 2 rings (SSSR count). The fourth-order valence-corrected chi connectivity index (χ4v) is 1.50. The van der Waals surface area contributed by atoms with E-state index in [4.69, 9.17) is 0 Å². The number of amides is 1. The third-order valence-corrected chi connectivity index (χ3v) is 2.57. The van der Waals surface area contributed by atoms with Gasteiger partial charge in [-0.1, -0.05) is 13.0 Å². The van der Waals surface area contributed by atoms with Crippen LogP contribution in [-0.2, 0) is 6.42 Å². The first kappa shape index (κ1) is 12.2. The fourth-order valence-electron chi connectivity index (χ4n) is 1.50. The number of aryl methyl sites for hydroxylation is 1. The van der Waals surface area contributed by atoms with Crippen LogP contribution in [0.25, 0.3) is 0 Å². The molecule has 1 aromatic heterocycles. The van der Waals surface area contributed by atoms with Crippen molar-refractivity contribution in [2.75, 3.05) is 5.32 Å². The van der Waals surface area contributed by atoms with Gasteiger partial charge >= 0.3 is 0 Å². The molecular formula is C14H13FN2O. The van der Waals surface area contributed by atoms with Crippen molar-refractivity contribution in [1.82, 2.24) is 4.98 Å². The summed E-state index contributed by atoms with van der Waals surface area (Å²) in [7, 11) is 0. The second-order valence-corrected chi connectivity index (χ2v) is 3.87. The molecule has 0 unspecified atom stereocenters. The number of anilines is 1. The van der Waals surface area contributed by atoms with Crippen molar-refractivity contribution < 1.29 is 9.18 Å². The molecule has 1 aromatic carbocycles. The lowest BCUT2D eigenvalue weighted by molar-refractivity contribution is 0.102. The van der Waals surface area contributed by atoms with Gasteiger partial charge in [0.2, 0.25) is 0 Å². The smallest absolute Gasteiger partial charge is 0.274 e. The number of carbonyl (C=O) groups excluding carboxylic acids is 1. The molecule has 1 N–H and O–H groups in total. The summed E-state index contributed by atoms with van der Waals surface area (Å²) in [5.74, 6) is -0.636. The molecule has 2 aromatic rings. The molecule has 0 saturated heterocycles. The first-order valence-corrected chi connectivity index (χ1v) is 5.71. The van der Waals surface area contributed by atoms with Gasteiger partial charge in [0.15, 0.2) is 0 Å². The van der Waals surface area contributed by atoms with Gasteiger partial charge in [-0.15, -0.1) is 0 Å². The molecule has 0 atom stereocenters. The molecule has 3 nitrogen and oxygen atoms in total. The zero-order valence-corrected chi connectivity index (χ0v) is 9.98. The summed E-state index contributed by atoms with van der Waals surface area (Å²) in [6, 6.07) is 9.15. The van der Waals surface area contributed by atoms with Crippen LogP contribution in [0.5, 0.6) is 0 Å². The van der Waals surface area contributed by atoms with E-state index >= 15 is 0 Å². The highest BCUT2D eigenvalue weighted by Gasteiger charge is 2.07. The first-order valence-electron chi connectivity index (χ1n) is 5.71. The van der Waals surface area contributed by atoms with E-state index in [0.717, 1.165) is 12.0 Å². The average Bonchev–Trinajstić information content (AvgIpc) is 2.41. The van der Waals surface area contributed by atoms with Crippen molar-refractivity contribution in [3.05, 3.63) is 59.7 Å². The highest BCUT2D eigenvalue weighted by Crippen LogP contribution is 2.10. The van der Waals surface area contributed by atoms with Crippen molar-refractivity contribution in [2.24, 2.45) is 0 Å². The molecule has 0 saturated carbocycles. The fraction of sp³-hybridized carbons (Fsp3) is 0.143. The molecular weight excluding hydrogens is 231 g/mol. The largest absolute Gasteiger partial charge is 0.321 e. The number of hydrogen-bond donors (Lipinski definition) is 1. The van der Waals surface area contributed by atoms with E-state index in [1.807, 2.05) is 13.0 Å². The van der Waals surface area contributed by atoms with Gasteiger partial charge < -0.3 is 5.32 Å². The molecule has 0 fully saturated rings. The van der Waals surface area contributed by atoms with Crippen molar-refractivity contribution in [3.63, 3.8) is 0 Å². The summed E-state index contributed by atoms with van der Waals surface area (Å²) in [5, 5.41) is 2.65. The summed E-state index contributed by atoms with van der Waals surface area (Å²) >= 11 is 0. The van der Waals surface area contributed by atoms with E-state index in [-0.39, 0.29) is 11.7 Å². The minimum atomic E-state index is -0.335. The van der Waals surface area contributed by atoms with Crippen LogP contribution in [-0.4, -0.2) is 10.9 Å². The van der Waals surface area contributed by atoms with E-state index in [9.17, 15) is 9.18 Å². The predicted octanol–water partition coefficient (Wildman–Crippen LogP) is 3.04. The van der Waals surface area contributed by atoms with Crippen LogP contribution in [0.15, 0.2) is 42.6 Å². The van der Waals surface area contributed by atoms with Crippen molar-refractivity contribution >= 4 is 11.6 Å². The topological polar surface area (TPSA) is 42.0 Å². The van der Waals surface area contributed by atoms with Gasteiger partial charge in [-0.3, -0.25) is 9.78 Å². The molecule has 0 radical (unpaired) electrons. The molecule has 18 heavy (non-hydrogen) atoms. The third kappa shape index (κ3) is 2.91. The quantitative estimate of drug-likeness (QED) is 0.901. The minimum absolute atomic E-state index is 0.302. The van der Waals surface area contributed by atoms with Gasteiger partial charge in [-0.25, -0.2) is 4.39 Å². The van der Waals surface area contributed by atoms with Crippen LogP contribution in [0.1, 0.15) is 23.0 Å². The van der Waals surface area contributed by atoms with Gasteiger partial charge in [0.1, 0.15) is 11.5 Å². The van der Waals surface area contributed by atoms with Gasteiger partial charge in [-0.05, 0) is 42.3 Å². The Morgan fingerprint density at radius 3 is 2.50 bits per heavy atom. The average molecular weight is 244 g/mol. The number of benzene rings is 1. The maximum atomic E-state index is 12.7. The van der Waals surface area contributed by atoms with Gasteiger partial charge in [0.05, 0.1) is 0 Å². The first-order chi connectivity index (χ1) is 8.69. The van der Waals surface area contributed by atoms with E-state index < -0.39 is 0 Å². The van der Waals surface area contributed by atoms with Crippen LogP contribution in [0.2, 0.25) is 0 Å². The van der Waals surface area contributed by atoms with Crippen molar-refractivity contribution in [3.8, 4) is 0 Å². The summed E-state index contributed by atoms with van der Waals surface area (Å²) in [6.45, 7) is 2.02. The third-order valence-electron chi connectivity index (χ3n) is 2.57. The molecule has 1 amide bonds. The van der Waals surface area contributed by atoms with Crippen molar-refractivity contribution in [2.45, 2.75) is 13.3 Å². The van der Waals surface area contributed by atoms with Crippen LogP contribution in [0, 0.1) is 5.82 Å². The zero-order valence-electron chi connectivity index (χ0n) is 9.98. The molecule has 1 heterocycles. The van der Waals surface area contributed by atoms with E-state index in [2.05, 4.69) is 10.3 Å². The number of carbonyl (C=O) groups is 1. The normalized spacial score (nSPS) is 10.1. The number of rotatable bonds is 3. The SMILES string of the molecule is CCc1ccc(C(=O)Nc2ccc(F)cc2)nc1. The Hall–Kier alpha value is -2.23. The number of hydrogen-bond acceptors (Lipinski definition) is 2. The Morgan fingerprint density at radius 2 is 1.94 bits per heavy atom. The Kier molecular flexibility index (Phi) is 3.67. The number of halogens is 1. The second kappa shape index (κ2) is 5.40. The summed E-state index contributed by atoms with van der Waals surface area (Å²) in [6.07, 6.45) is 2.56. The number of aromatic nitrogens is 1. The molecule has 0 bridgehead atoms. The molecule has 92 valence electrons. The van der Waals surface area contributed by atoms with Gasteiger partial charge in [0.25, 0.3) is 5.91 Å². The Labute approximate surface area is 105 Å². The highest BCUT2D eigenvalue weighted by atomic mass is 19.1. The van der Waals surface area contributed by atoms with Gasteiger partial charge in [-0.2, -0.15) is 0 Å². The molecule has 0 aliphatic carbocycles.